The number of carbonyl (C=O) groups is 1. The summed E-state index contributed by atoms with van der Waals surface area (Å²) in [6.45, 7) is 9.95. The highest BCUT2D eigenvalue weighted by molar-refractivity contribution is 5.93. The van der Waals surface area contributed by atoms with Gasteiger partial charge in [-0.2, -0.15) is 0 Å². The van der Waals surface area contributed by atoms with Crippen molar-refractivity contribution >= 4 is 11.9 Å². The lowest BCUT2D eigenvalue weighted by molar-refractivity contribution is 0.0827. The molecule has 27 heavy (non-hydrogen) atoms. The van der Waals surface area contributed by atoms with Crippen LogP contribution < -0.4 is 10.6 Å². The van der Waals surface area contributed by atoms with Gasteiger partial charge in [0, 0.05) is 38.8 Å². The number of rotatable bonds is 10. The van der Waals surface area contributed by atoms with Crippen LogP contribution in [0.15, 0.2) is 29.3 Å². The molecule has 6 heteroatoms. The maximum absolute atomic E-state index is 11.9. The van der Waals surface area contributed by atoms with Gasteiger partial charge < -0.3 is 20.4 Å². The number of aliphatic imine (C=N–C) groups is 1. The average molecular weight is 376 g/mol. The van der Waals surface area contributed by atoms with Gasteiger partial charge in [-0.05, 0) is 64.9 Å². The molecule has 0 heterocycles. The predicted octanol–water partition coefficient (Wildman–Crippen LogP) is 2.56. The molecule has 6 nitrogen and oxygen atoms in total. The number of guanidine groups is 1. The Balaban J connectivity index is 2.47. The standard InChI is InChI=1S/C21H37N5O/c1-7-22-21(23-14-8-9-15-26(6)17(2)3)24-16-18-10-12-19(13-11-18)20(27)25(4)5/h10-13,17H,7-9,14-16H2,1-6H3,(H2,22,23,24). The van der Waals surface area contributed by atoms with Crippen LogP contribution in [0.2, 0.25) is 0 Å². The zero-order chi connectivity index (χ0) is 20.2. The van der Waals surface area contributed by atoms with Crippen LogP contribution in [0.4, 0.5) is 0 Å². The van der Waals surface area contributed by atoms with E-state index in [1.165, 1.54) is 6.42 Å². The Bertz CT molecular complexity index is 581. The van der Waals surface area contributed by atoms with Crippen molar-refractivity contribution in [3.63, 3.8) is 0 Å². The van der Waals surface area contributed by atoms with E-state index in [0.29, 0.717) is 18.2 Å². The first-order chi connectivity index (χ1) is 12.8. The molecule has 0 atom stereocenters. The highest BCUT2D eigenvalue weighted by atomic mass is 16.2. The Morgan fingerprint density at radius 3 is 2.30 bits per heavy atom. The zero-order valence-electron chi connectivity index (χ0n) is 17.9. The molecule has 0 aromatic heterocycles. The number of benzene rings is 1. The molecule has 1 aromatic rings. The van der Waals surface area contributed by atoms with Crippen LogP contribution >= 0.6 is 0 Å². The minimum atomic E-state index is 0.0168. The summed E-state index contributed by atoms with van der Waals surface area (Å²) in [5.41, 5.74) is 1.78. The van der Waals surface area contributed by atoms with Gasteiger partial charge in [0.1, 0.15) is 0 Å². The molecular formula is C21H37N5O. The van der Waals surface area contributed by atoms with Crippen molar-refractivity contribution in [1.82, 2.24) is 20.4 Å². The number of carbonyl (C=O) groups excluding carboxylic acids is 1. The molecule has 152 valence electrons. The zero-order valence-corrected chi connectivity index (χ0v) is 17.9. The second-order valence-corrected chi connectivity index (χ2v) is 7.30. The Morgan fingerprint density at radius 2 is 1.74 bits per heavy atom. The number of unbranched alkanes of at least 4 members (excludes halogenated alkanes) is 1. The second-order valence-electron chi connectivity index (χ2n) is 7.30. The van der Waals surface area contributed by atoms with Gasteiger partial charge in [-0.1, -0.05) is 12.1 Å². The molecule has 0 saturated carbocycles. The van der Waals surface area contributed by atoms with E-state index in [2.05, 4.69) is 48.3 Å². The fourth-order valence-electron chi connectivity index (χ4n) is 2.47. The molecule has 0 aliphatic heterocycles. The van der Waals surface area contributed by atoms with Crippen molar-refractivity contribution in [1.29, 1.82) is 0 Å². The summed E-state index contributed by atoms with van der Waals surface area (Å²) in [6, 6.07) is 8.24. The van der Waals surface area contributed by atoms with Crippen LogP contribution in [-0.2, 0) is 6.54 Å². The molecule has 0 saturated heterocycles. The normalized spacial score (nSPS) is 11.8. The smallest absolute Gasteiger partial charge is 0.253 e. The summed E-state index contributed by atoms with van der Waals surface area (Å²) in [4.78, 5) is 20.5. The number of hydrogen-bond donors (Lipinski definition) is 2. The molecule has 0 aliphatic rings. The molecule has 1 amide bonds. The number of amides is 1. The van der Waals surface area contributed by atoms with Gasteiger partial charge in [0.2, 0.25) is 0 Å². The third-order valence-corrected chi connectivity index (χ3v) is 4.48. The van der Waals surface area contributed by atoms with Gasteiger partial charge in [0.25, 0.3) is 5.91 Å². The summed E-state index contributed by atoms with van der Waals surface area (Å²) >= 11 is 0. The average Bonchev–Trinajstić information content (AvgIpc) is 2.65. The van der Waals surface area contributed by atoms with E-state index in [1.54, 1.807) is 19.0 Å². The molecule has 0 aliphatic carbocycles. The fourth-order valence-corrected chi connectivity index (χ4v) is 2.47. The Morgan fingerprint density at radius 1 is 1.07 bits per heavy atom. The van der Waals surface area contributed by atoms with E-state index in [-0.39, 0.29) is 5.91 Å². The van der Waals surface area contributed by atoms with Gasteiger partial charge in [0.05, 0.1) is 6.54 Å². The lowest BCUT2D eigenvalue weighted by Crippen LogP contribution is -2.38. The van der Waals surface area contributed by atoms with Crippen LogP contribution in [0.3, 0.4) is 0 Å². The van der Waals surface area contributed by atoms with E-state index in [1.807, 2.05) is 24.3 Å². The molecule has 2 N–H and O–H groups in total. The van der Waals surface area contributed by atoms with Gasteiger partial charge in [0.15, 0.2) is 5.96 Å². The SMILES string of the molecule is CCNC(=NCc1ccc(C(=O)N(C)C)cc1)NCCCCN(C)C(C)C. The molecular weight excluding hydrogens is 338 g/mol. The van der Waals surface area contributed by atoms with Gasteiger partial charge in [-0.3, -0.25) is 4.79 Å². The molecule has 0 fully saturated rings. The van der Waals surface area contributed by atoms with Crippen molar-refractivity contribution in [3.8, 4) is 0 Å². The number of hydrogen-bond acceptors (Lipinski definition) is 3. The van der Waals surface area contributed by atoms with Crippen LogP contribution in [0.1, 0.15) is 49.5 Å². The molecule has 0 spiro atoms. The topological polar surface area (TPSA) is 60.0 Å². The quantitative estimate of drug-likeness (QED) is 0.375. The van der Waals surface area contributed by atoms with Crippen molar-refractivity contribution < 1.29 is 4.79 Å². The maximum atomic E-state index is 11.9. The van der Waals surface area contributed by atoms with Crippen molar-refractivity contribution in [2.24, 2.45) is 4.99 Å². The molecule has 0 unspecified atom stereocenters. The summed E-state index contributed by atoms with van der Waals surface area (Å²) in [5, 5.41) is 6.68. The third kappa shape index (κ3) is 8.91. The molecule has 0 bridgehead atoms. The monoisotopic (exact) mass is 375 g/mol. The lowest BCUT2D eigenvalue weighted by Gasteiger charge is -2.20. The maximum Gasteiger partial charge on any atom is 0.253 e. The Hall–Kier alpha value is -2.08. The van der Waals surface area contributed by atoms with Crippen molar-refractivity contribution in [2.75, 3.05) is 40.8 Å². The number of nitrogens with zero attached hydrogens (tertiary/aromatic N) is 3. The molecule has 0 radical (unpaired) electrons. The first-order valence-electron chi connectivity index (χ1n) is 9.88. The van der Waals surface area contributed by atoms with E-state index in [4.69, 9.17) is 0 Å². The van der Waals surface area contributed by atoms with E-state index in [9.17, 15) is 4.79 Å². The summed E-state index contributed by atoms with van der Waals surface area (Å²) < 4.78 is 0. The lowest BCUT2D eigenvalue weighted by atomic mass is 10.1. The van der Waals surface area contributed by atoms with Gasteiger partial charge in [-0.25, -0.2) is 4.99 Å². The van der Waals surface area contributed by atoms with Crippen molar-refractivity contribution in [2.45, 2.75) is 46.2 Å². The minimum absolute atomic E-state index is 0.0168. The second kappa shape index (κ2) is 12.3. The summed E-state index contributed by atoms with van der Waals surface area (Å²) in [7, 11) is 5.69. The highest BCUT2D eigenvalue weighted by Gasteiger charge is 2.07. The predicted molar refractivity (Wildman–Crippen MR) is 114 cm³/mol. The first kappa shape index (κ1) is 23.0. The van der Waals surface area contributed by atoms with Crippen LogP contribution in [0.25, 0.3) is 0 Å². The van der Waals surface area contributed by atoms with E-state index < -0.39 is 0 Å². The molecule has 1 aromatic carbocycles. The molecule has 1 rings (SSSR count). The minimum Gasteiger partial charge on any atom is -0.357 e. The summed E-state index contributed by atoms with van der Waals surface area (Å²) in [5.74, 6) is 0.853. The fraction of sp³-hybridized carbons (Fsp3) is 0.619. The van der Waals surface area contributed by atoms with Crippen LogP contribution in [-0.4, -0.2) is 68.5 Å². The number of nitrogens with one attached hydrogen (secondary N) is 2. The first-order valence-corrected chi connectivity index (χ1v) is 9.88. The third-order valence-electron chi connectivity index (χ3n) is 4.48. The Kier molecular flexibility index (Phi) is 10.5. The Labute approximate surface area is 165 Å². The van der Waals surface area contributed by atoms with Crippen molar-refractivity contribution in [3.05, 3.63) is 35.4 Å². The van der Waals surface area contributed by atoms with Gasteiger partial charge in [-0.15, -0.1) is 0 Å². The summed E-state index contributed by atoms with van der Waals surface area (Å²) in [6.07, 6.45) is 2.28. The van der Waals surface area contributed by atoms with Crippen LogP contribution in [0.5, 0.6) is 0 Å². The largest absolute Gasteiger partial charge is 0.357 e. The van der Waals surface area contributed by atoms with Gasteiger partial charge >= 0.3 is 0 Å². The van der Waals surface area contributed by atoms with E-state index >= 15 is 0 Å². The van der Waals surface area contributed by atoms with E-state index in [0.717, 1.165) is 37.6 Å². The highest BCUT2D eigenvalue weighted by Crippen LogP contribution is 2.07. The van der Waals surface area contributed by atoms with Crippen LogP contribution in [0, 0.1) is 0 Å².